The molecule has 1 aliphatic rings. The molecule has 0 unspecified atom stereocenters. The van der Waals surface area contributed by atoms with Crippen LogP contribution < -0.4 is 10.6 Å². The summed E-state index contributed by atoms with van der Waals surface area (Å²) in [4.78, 5) is 4.71. The Labute approximate surface area is 196 Å². The van der Waals surface area contributed by atoms with E-state index in [4.69, 9.17) is 14.5 Å². The Hall–Kier alpha value is -1.65. The average molecular weight is 527 g/mol. The van der Waals surface area contributed by atoms with Gasteiger partial charge < -0.3 is 20.1 Å². The van der Waals surface area contributed by atoms with Crippen molar-refractivity contribution in [2.45, 2.75) is 32.7 Å². The molecule has 0 radical (unpaired) electrons. The molecule has 2 N–H and O–H groups in total. The van der Waals surface area contributed by atoms with Crippen LogP contribution in [0.4, 0.5) is 0 Å². The minimum absolute atomic E-state index is 0. The van der Waals surface area contributed by atoms with E-state index in [0.717, 1.165) is 76.0 Å². The fourth-order valence-corrected chi connectivity index (χ4v) is 3.28. The van der Waals surface area contributed by atoms with E-state index in [9.17, 15) is 0 Å². The van der Waals surface area contributed by atoms with E-state index in [1.165, 1.54) is 0 Å². The predicted molar refractivity (Wildman–Crippen MR) is 131 cm³/mol. The largest absolute Gasteiger partial charge is 0.381 e. The molecule has 0 atom stereocenters. The third-order valence-electron chi connectivity index (χ3n) is 4.90. The van der Waals surface area contributed by atoms with Gasteiger partial charge in [-0.2, -0.15) is 5.10 Å². The van der Waals surface area contributed by atoms with Crippen LogP contribution in [0.15, 0.2) is 47.7 Å². The van der Waals surface area contributed by atoms with Crippen LogP contribution in [-0.2, 0) is 16.0 Å². The third kappa shape index (κ3) is 8.61. The van der Waals surface area contributed by atoms with Gasteiger partial charge in [-0.05, 0) is 55.9 Å². The zero-order valence-electron chi connectivity index (χ0n) is 17.8. The molecule has 1 aromatic carbocycles. The number of hydrogen-bond donors (Lipinski definition) is 2. The lowest BCUT2D eigenvalue weighted by atomic mass is 10.0. The molecule has 8 heteroatoms. The molecule has 3 rings (SSSR count). The summed E-state index contributed by atoms with van der Waals surface area (Å²) in [5.74, 6) is 1.49. The summed E-state index contributed by atoms with van der Waals surface area (Å²) in [6, 6.07) is 10.2. The number of aliphatic imine (C=N–C) groups is 1. The van der Waals surface area contributed by atoms with Crippen LogP contribution in [0, 0.1) is 5.92 Å². The van der Waals surface area contributed by atoms with Gasteiger partial charge in [-0.25, -0.2) is 9.67 Å². The van der Waals surface area contributed by atoms with Gasteiger partial charge in [-0.3, -0.25) is 0 Å². The predicted octanol–water partition coefficient (Wildman–Crippen LogP) is 3.38. The van der Waals surface area contributed by atoms with Crippen molar-refractivity contribution in [2.75, 3.05) is 39.5 Å². The van der Waals surface area contributed by atoms with Crippen LogP contribution in [0.25, 0.3) is 5.69 Å². The Balaban J connectivity index is 0.00000320. The SMILES string of the molecule is CCNC(=NCc1cccc(-n2cccn2)c1)NCCCOCC1CCOCC1.I. The molecular formula is C22H34IN5O2. The summed E-state index contributed by atoms with van der Waals surface area (Å²) in [5, 5.41) is 11.0. The summed E-state index contributed by atoms with van der Waals surface area (Å²) in [5.41, 5.74) is 2.19. The van der Waals surface area contributed by atoms with E-state index < -0.39 is 0 Å². The number of benzene rings is 1. The van der Waals surface area contributed by atoms with Gasteiger partial charge in [0, 0.05) is 51.9 Å². The average Bonchev–Trinajstić information content (AvgIpc) is 3.30. The molecule has 0 bridgehead atoms. The molecule has 0 spiro atoms. The van der Waals surface area contributed by atoms with Gasteiger partial charge in [0.05, 0.1) is 12.2 Å². The van der Waals surface area contributed by atoms with E-state index in [2.05, 4.69) is 34.8 Å². The second-order valence-corrected chi connectivity index (χ2v) is 7.23. The molecule has 1 saturated heterocycles. The summed E-state index contributed by atoms with van der Waals surface area (Å²) < 4.78 is 13.1. The third-order valence-corrected chi connectivity index (χ3v) is 4.90. The molecule has 2 heterocycles. The van der Waals surface area contributed by atoms with Crippen molar-refractivity contribution in [2.24, 2.45) is 10.9 Å². The highest BCUT2D eigenvalue weighted by molar-refractivity contribution is 14.0. The highest BCUT2D eigenvalue weighted by Gasteiger charge is 2.13. The van der Waals surface area contributed by atoms with Crippen LogP contribution in [0.1, 0.15) is 31.7 Å². The minimum Gasteiger partial charge on any atom is -0.381 e. The van der Waals surface area contributed by atoms with Crippen LogP contribution >= 0.6 is 24.0 Å². The molecule has 1 aliphatic heterocycles. The smallest absolute Gasteiger partial charge is 0.191 e. The lowest BCUT2D eigenvalue weighted by molar-refractivity contribution is 0.0203. The molecule has 0 amide bonds. The number of nitrogens with one attached hydrogen (secondary N) is 2. The highest BCUT2D eigenvalue weighted by atomic mass is 127. The maximum atomic E-state index is 5.83. The monoisotopic (exact) mass is 527 g/mol. The van der Waals surface area contributed by atoms with Crippen LogP contribution in [0.5, 0.6) is 0 Å². The summed E-state index contributed by atoms with van der Waals surface area (Å²) in [6.07, 6.45) is 6.93. The van der Waals surface area contributed by atoms with Gasteiger partial charge in [-0.15, -0.1) is 24.0 Å². The first kappa shape index (κ1) is 24.6. The van der Waals surface area contributed by atoms with Crippen molar-refractivity contribution in [3.8, 4) is 5.69 Å². The van der Waals surface area contributed by atoms with Gasteiger partial charge in [0.2, 0.25) is 0 Å². The molecule has 2 aromatic rings. The van der Waals surface area contributed by atoms with Crippen molar-refractivity contribution in [3.05, 3.63) is 48.3 Å². The van der Waals surface area contributed by atoms with Crippen molar-refractivity contribution in [3.63, 3.8) is 0 Å². The molecule has 1 aromatic heterocycles. The second-order valence-electron chi connectivity index (χ2n) is 7.23. The Morgan fingerprint density at radius 1 is 1.27 bits per heavy atom. The molecule has 30 heavy (non-hydrogen) atoms. The second kappa shape index (κ2) is 14.4. The number of nitrogens with zero attached hydrogens (tertiary/aromatic N) is 3. The number of guanidine groups is 1. The van der Waals surface area contributed by atoms with Crippen LogP contribution in [0.3, 0.4) is 0 Å². The highest BCUT2D eigenvalue weighted by Crippen LogP contribution is 2.14. The topological polar surface area (TPSA) is 72.7 Å². The Morgan fingerprint density at radius 2 is 2.13 bits per heavy atom. The van der Waals surface area contributed by atoms with Crippen LogP contribution in [0.2, 0.25) is 0 Å². The Morgan fingerprint density at radius 3 is 2.90 bits per heavy atom. The number of ether oxygens (including phenoxy) is 2. The van der Waals surface area contributed by atoms with E-state index in [-0.39, 0.29) is 24.0 Å². The van der Waals surface area contributed by atoms with E-state index in [0.29, 0.717) is 12.5 Å². The van der Waals surface area contributed by atoms with Crippen molar-refractivity contribution in [1.29, 1.82) is 0 Å². The van der Waals surface area contributed by atoms with Crippen molar-refractivity contribution >= 4 is 29.9 Å². The number of hydrogen-bond acceptors (Lipinski definition) is 4. The maximum absolute atomic E-state index is 5.83. The van der Waals surface area contributed by atoms with Crippen molar-refractivity contribution in [1.82, 2.24) is 20.4 Å². The zero-order chi connectivity index (χ0) is 20.2. The van der Waals surface area contributed by atoms with Gasteiger partial charge in [0.1, 0.15) is 0 Å². The normalized spacial score (nSPS) is 14.9. The quantitative estimate of drug-likeness (QED) is 0.215. The van der Waals surface area contributed by atoms with Gasteiger partial charge >= 0.3 is 0 Å². The molecule has 0 saturated carbocycles. The standard InChI is InChI=1S/C22H33N5O2.HI/c1-2-23-22(24-10-5-13-29-18-19-8-14-28-15-9-19)25-17-20-6-3-7-21(16-20)27-12-4-11-26-27;/h3-4,6-7,11-12,16,19H,2,5,8-10,13-15,17-18H2,1H3,(H2,23,24,25);1H. The number of rotatable bonds is 10. The summed E-state index contributed by atoms with van der Waals surface area (Å²) in [7, 11) is 0. The molecular weight excluding hydrogens is 493 g/mol. The van der Waals surface area contributed by atoms with E-state index >= 15 is 0 Å². The van der Waals surface area contributed by atoms with Gasteiger partial charge in [0.15, 0.2) is 5.96 Å². The maximum Gasteiger partial charge on any atom is 0.191 e. The van der Waals surface area contributed by atoms with Crippen molar-refractivity contribution < 1.29 is 9.47 Å². The fraction of sp³-hybridized carbons (Fsp3) is 0.545. The lowest BCUT2D eigenvalue weighted by Crippen LogP contribution is -2.38. The van der Waals surface area contributed by atoms with Gasteiger partial charge in [0.25, 0.3) is 0 Å². The van der Waals surface area contributed by atoms with E-state index in [1.807, 2.05) is 29.1 Å². The Bertz CT molecular complexity index is 733. The molecule has 0 aliphatic carbocycles. The Kier molecular flexibility index (Phi) is 11.8. The number of halogens is 1. The first-order valence-corrected chi connectivity index (χ1v) is 10.6. The summed E-state index contributed by atoms with van der Waals surface area (Å²) in [6.45, 7) is 7.75. The molecule has 1 fully saturated rings. The lowest BCUT2D eigenvalue weighted by Gasteiger charge is -2.21. The number of aromatic nitrogens is 2. The first-order valence-electron chi connectivity index (χ1n) is 10.6. The fourth-order valence-electron chi connectivity index (χ4n) is 3.28. The minimum atomic E-state index is 0. The molecule has 7 nitrogen and oxygen atoms in total. The van der Waals surface area contributed by atoms with Crippen LogP contribution in [-0.4, -0.2) is 55.3 Å². The van der Waals surface area contributed by atoms with Gasteiger partial charge in [-0.1, -0.05) is 12.1 Å². The van der Waals surface area contributed by atoms with E-state index in [1.54, 1.807) is 6.20 Å². The zero-order valence-corrected chi connectivity index (χ0v) is 20.1. The first-order chi connectivity index (χ1) is 14.3. The summed E-state index contributed by atoms with van der Waals surface area (Å²) >= 11 is 0. The molecule has 166 valence electrons.